The Balaban J connectivity index is 3.96. The average Bonchev–Trinajstić information content (AvgIpc) is 2.96. The van der Waals surface area contributed by atoms with E-state index in [0.717, 1.165) is 77.2 Å². The van der Waals surface area contributed by atoms with Crippen LogP contribution in [0.4, 0.5) is 0 Å². The Morgan fingerprint density at radius 3 is 1.45 bits per heavy atom. The summed E-state index contributed by atoms with van der Waals surface area (Å²) in [6.45, 7) is 3.66. The van der Waals surface area contributed by atoms with Crippen LogP contribution in [0.25, 0.3) is 0 Å². The van der Waals surface area contributed by atoms with Gasteiger partial charge in [0.15, 0.2) is 6.10 Å². The number of ether oxygens (including phenoxy) is 2. The van der Waals surface area contributed by atoms with E-state index in [1.54, 1.807) is 0 Å². The van der Waals surface area contributed by atoms with Crippen molar-refractivity contribution >= 4 is 25.7 Å². The van der Waals surface area contributed by atoms with Crippen molar-refractivity contribution in [2.24, 2.45) is 0 Å². The smallest absolute Gasteiger partial charge is 0.462 e. The molecule has 0 aliphatic heterocycles. The SMILES string of the molecule is CCCCCCCCCCCCCCCC(=O)O[C@H](COC(=O)CCCCCCCCCCCNC(C)=O)COP(=O)(O)O. The Bertz CT molecular complexity index is 760. The number of carbonyl (C=O) groups is 3. The van der Waals surface area contributed by atoms with Gasteiger partial charge in [-0.1, -0.05) is 129 Å². The van der Waals surface area contributed by atoms with Crippen LogP contribution >= 0.6 is 7.82 Å². The van der Waals surface area contributed by atoms with Gasteiger partial charge in [0.1, 0.15) is 6.61 Å². The highest BCUT2D eigenvalue weighted by atomic mass is 31.2. The normalized spacial score (nSPS) is 12.2. The summed E-state index contributed by atoms with van der Waals surface area (Å²) in [5, 5.41) is 2.80. The molecule has 10 nitrogen and oxygen atoms in total. The van der Waals surface area contributed by atoms with Crippen molar-refractivity contribution in [3.8, 4) is 0 Å². The van der Waals surface area contributed by atoms with Crippen LogP contribution in [0.5, 0.6) is 0 Å². The summed E-state index contributed by atoms with van der Waals surface area (Å²) in [5.74, 6) is -0.907. The first-order valence-corrected chi connectivity index (χ1v) is 19.0. The molecule has 11 heteroatoms. The maximum atomic E-state index is 12.3. The van der Waals surface area contributed by atoms with Gasteiger partial charge in [-0.25, -0.2) is 4.57 Å². The van der Waals surface area contributed by atoms with Crippen LogP contribution in [0.15, 0.2) is 0 Å². The number of amides is 1. The van der Waals surface area contributed by atoms with E-state index in [9.17, 15) is 18.9 Å². The molecule has 0 aromatic carbocycles. The Morgan fingerprint density at radius 1 is 0.614 bits per heavy atom. The summed E-state index contributed by atoms with van der Waals surface area (Å²) in [6.07, 6.45) is 24.3. The maximum absolute atomic E-state index is 12.3. The third-order valence-corrected chi connectivity index (χ3v) is 8.06. The molecule has 0 fully saturated rings. The topological polar surface area (TPSA) is 148 Å². The average molecular weight is 650 g/mol. The summed E-state index contributed by atoms with van der Waals surface area (Å²) in [5.41, 5.74) is 0. The first-order valence-electron chi connectivity index (χ1n) is 17.4. The Morgan fingerprint density at radius 2 is 1.02 bits per heavy atom. The van der Waals surface area contributed by atoms with Gasteiger partial charge < -0.3 is 24.6 Å². The molecule has 0 rings (SSSR count). The monoisotopic (exact) mass is 649 g/mol. The predicted octanol–water partition coefficient (Wildman–Crippen LogP) is 8.07. The zero-order valence-corrected chi connectivity index (χ0v) is 28.8. The summed E-state index contributed by atoms with van der Waals surface area (Å²) in [7, 11) is -4.75. The number of esters is 2. The number of rotatable bonds is 32. The van der Waals surface area contributed by atoms with E-state index < -0.39 is 32.5 Å². The quantitative estimate of drug-likeness (QED) is 0.0374. The van der Waals surface area contributed by atoms with E-state index in [0.29, 0.717) is 12.8 Å². The van der Waals surface area contributed by atoms with Crippen LogP contribution in [0.2, 0.25) is 0 Å². The lowest BCUT2D eigenvalue weighted by Gasteiger charge is -2.18. The van der Waals surface area contributed by atoms with E-state index in [2.05, 4.69) is 16.8 Å². The molecule has 0 unspecified atom stereocenters. The third-order valence-electron chi connectivity index (χ3n) is 7.57. The second kappa shape index (κ2) is 30.2. The number of hydrogen-bond donors (Lipinski definition) is 3. The highest BCUT2D eigenvalue weighted by Crippen LogP contribution is 2.36. The minimum atomic E-state index is -4.75. The lowest BCUT2D eigenvalue weighted by atomic mass is 10.0. The number of carbonyl (C=O) groups excluding carboxylic acids is 3. The summed E-state index contributed by atoms with van der Waals surface area (Å²) < 4.78 is 26.2. The van der Waals surface area contributed by atoms with Gasteiger partial charge in [0, 0.05) is 26.3 Å². The number of phosphoric ester groups is 1. The highest BCUT2D eigenvalue weighted by molar-refractivity contribution is 7.46. The molecule has 0 aliphatic carbocycles. The second-order valence-corrected chi connectivity index (χ2v) is 13.2. The Kier molecular flexibility index (Phi) is 29.2. The van der Waals surface area contributed by atoms with Gasteiger partial charge in [0.05, 0.1) is 6.61 Å². The zero-order valence-electron chi connectivity index (χ0n) is 27.9. The number of nitrogens with one attached hydrogen (secondary N) is 1. The molecule has 0 saturated heterocycles. The van der Waals surface area contributed by atoms with Crippen LogP contribution in [-0.2, 0) is 32.9 Å². The Hall–Kier alpha value is -1.48. The molecule has 0 radical (unpaired) electrons. The van der Waals surface area contributed by atoms with Gasteiger partial charge in [-0.05, 0) is 19.3 Å². The Labute approximate surface area is 267 Å². The van der Waals surface area contributed by atoms with Crippen molar-refractivity contribution in [2.75, 3.05) is 19.8 Å². The first-order chi connectivity index (χ1) is 21.1. The van der Waals surface area contributed by atoms with Gasteiger partial charge in [-0.3, -0.25) is 18.9 Å². The fourth-order valence-electron chi connectivity index (χ4n) is 4.98. The van der Waals surface area contributed by atoms with E-state index in [1.807, 2.05) is 0 Å². The highest BCUT2D eigenvalue weighted by Gasteiger charge is 2.22. The third kappa shape index (κ3) is 33.4. The molecule has 0 bridgehead atoms. The van der Waals surface area contributed by atoms with Crippen molar-refractivity contribution in [1.82, 2.24) is 5.32 Å². The number of phosphoric acid groups is 1. The van der Waals surface area contributed by atoms with Crippen molar-refractivity contribution in [1.29, 1.82) is 0 Å². The molecule has 0 heterocycles. The summed E-state index contributed by atoms with van der Waals surface area (Å²) in [6, 6.07) is 0. The molecule has 3 N–H and O–H groups in total. The lowest BCUT2D eigenvalue weighted by Crippen LogP contribution is -2.29. The van der Waals surface area contributed by atoms with Gasteiger partial charge >= 0.3 is 19.8 Å². The van der Waals surface area contributed by atoms with E-state index in [-0.39, 0.29) is 25.4 Å². The fraction of sp³-hybridized carbons (Fsp3) is 0.909. The summed E-state index contributed by atoms with van der Waals surface area (Å²) >= 11 is 0. The molecule has 0 aromatic rings. The minimum Gasteiger partial charge on any atom is -0.462 e. The molecule has 1 amide bonds. The number of hydrogen-bond acceptors (Lipinski definition) is 7. The van der Waals surface area contributed by atoms with Crippen molar-refractivity contribution in [2.45, 2.75) is 174 Å². The van der Waals surface area contributed by atoms with Crippen LogP contribution in [0, 0.1) is 0 Å². The molecule has 44 heavy (non-hydrogen) atoms. The van der Waals surface area contributed by atoms with Crippen LogP contribution < -0.4 is 5.32 Å². The van der Waals surface area contributed by atoms with E-state index in [4.69, 9.17) is 19.3 Å². The van der Waals surface area contributed by atoms with Gasteiger partial charge in [0.25, 0.3) is 0 Å². The van der Waals surface area contributed by atoms with Gasteiger partial charge in [0.2, 0.25) is 5.91 Å². The van der Waals surface area contributed by atoms with Crippen molar-refractivity contribution in [3.63, 3.8) is 0 Å². The van der Waals surface area contributed by atoms with Crippen molar-refractivity contribution in [3.05, 3.63) is 0 Å². The number of unbranched alkanes of at least 4 members (excludes halogenated alkanes) is 20. The zero-order chi connectivity index (χ0) is 32.7. The standard InChI is InChI=1S/C33H64NO9P/c1-3-4-5-6-7-8-9-10-11-13-17-20-23-26-33(37)43-31(29-42-44(38,39)40)28-41-32(36)25-22-19-16-14-12-15-18-21-24-27-34-30(2)35/h31H,3-29H2,1-2H3,(H,34,35)(H2,38,39,40)/t31-/m1/s1. The van der Waals surface area contributed by atoms with Gasteiger partial charge in [-0.2, -0.15) is 0 Å². The fourth-order valence-corrected chi connectivity index (χ4v) is 5.34. The predicted molar refractivity (Wildman–Crippen MR) is 174 cm³/mol. The van der Waals surface area contributed by atoms with Crippen molar-refractivity contribution < 1.29 is 42.7 Å². The lowest BCUT2D eigenvalue weighted by molar-refractivity contribution is -0.161. The molecule has 0 aliphatic rings. The van der Waals surface area contributed by atoms with Gasteiger partial charge in [-0.15, -0.1) is 0 Å². The first kappa shape index (κ1) is 42.5. The largest absolute Gasteiger partial charge is 0.469 e. The molecule has 1 atom stereocenters. The minimum absolute atomic E-state index is 0.0152. The molecular weight excluding hydrogens is 585 g/mol. The van der Waals surface area contributed by atoms with Crippen LogP contribution in [-0.4, -0.2) is 53.5 Å². The second-order valence-electron chi connectivity index (χ2n) is 12.0. The van der Waals surface area contributed by atoms with Crippen LogP contribution in [0.3, 0.4) is 0 Å². The van der Waals surface area contributed by atoms with Crippen LogP contribution in [0.1, 0.15) is 168 Å². The molecule has 0 spiro atoms. The maximum Gasteiger partial charge on any atom is 0.469 e. The van der Waals surface area contributed by atoms with E-state index in [1.165, 1.54) is 64.7 Å². The molecule has 260 valence electrons. The molecule has 0 aromatic heterocycles. The van der Waals surface area contributed by atoms with E-state index >= 15 is 0 Å². The molecular formula is C33H64NO9P. The molecule has 0 saturated carbocycles. The summed E-state index contributed by atoms with van der Waals surface area (Å²) in [4.78, 5) is 53.3.